The molecule has 0 aliphatic heterocycles. The van der Waals surface area contributed by atoms with Crippen LogP contribution in [-0.4, -0.2) is 34.2 Å². The molecule has 0 bridgehead atoms. The van der Waals surface area contributed by atoms with Crippen molar-refractivity contribution in [3.05, 3.63) is 59.7 Å². The van der Waals surface area contributed by atoms with Gasteiger partial charge in [-0.15, -0.1) is 0 Å². The van der Waals surface area contributed by atoms with Gasteiger partial charge in [-0.3, -0.25) is 9.10 Å². The maximum absolute atomic E-state index is 12.2. The third kappa shape index (κ3) is 4.96. The molecule has 6 nitrogen and oxygen atoms in total. The zero-order chi connectivity index (χ0) is 18.4. The van der Waals surface area contributed by atoms with Crippen molar-refractivity contribution in [2.75, 3.05) is 24.2 Å². The lowest BCUT2D eigenvalue weighted by Crippen LogP contribution is -2.29. The van der Waals surface area contributed by atoms with Crippen LogP contribution in [-0.2, 0) is 16.6 Å². The van der Waals surface area contributed by atoms with Crippen LogP contribution in [0.15, 0.2) is 48.5 Å². The van der Waals surface area contributed by atoms with E-state index in [0.29, 0.717) is 23.6 Å². The molecule has 0 saturated carbocycles. The van der Waals surface area contributed by atoms with E-state index < -0.39 is 10.0 Å². The summed E-state index contributed by atoms with van der Waals surface area (Å²) in [5.74, 6) is 0.507. The molecule has 2 aromatic rings. The lowest BCUT2D eigenvalue weighted by molar-refractivity contribution is 0.0963. The second-order valence-electron chi connectivity index (χ2n) is 5.47. The summed E-state index contributed by atoms with van der Waals surface area (Å²) in [6.07, 6.45) is 1.17. The summed E-state index contributed by atoms with van der Waals surface area (Å²) < 4.78 is 31.1. The molecular weight excluding hydrogens is 340 g/mol. The maximum atomic E-state index is 12.2. The van der Waals surface area contributed by atoms with Gasteiger partial charge in [0.15, 0.2) is 0 Å². The Kier molecular flexibility index (Phi) is 6.03. The highest BCUT2D eigenvalue weighted by atomic mass is 32.2. The molecule has 1 N–H and O–H groups in total. The average molecular weight is 362 g/mol. The molecule has 0 saturated heterocycles. The second kappa shape index (κ2) is 8.02. The number of nitrogens with zero attached hydrogens (tertiary/aromatic N) is 1. The van der Waals surface area contributed by atoms with Gasteiger partial charge < -0.3 is 10.1 Å². The number of nitrogens with one attached hydrogen (secondary N) is 1. The third-order valence-corrected chi connectivity index (χ3v) is 4.75. The van der Waals surface area contributed by atoms with E-state index in [9.17, 15) is 13.2 Å². The number of hydrogen-bond acceptors (Lipinski definition) is 4. The van der Waals surface area contributed by atoms with Crippen LogP contribution >= 0.6 is 0 Å². The van der Waals surface area contributed by atoms with Gasteiger partial charge in [0.2, 0.25) is 10.0 Å². The molecule has 0 aromatic heterocycles. The van der Waals surface area contributed by atoms with E-state index in [1.807, 2.05) is 6.92 Å². The lowest BCUT2D eigenvalue weighted by atomic mass is 10.1. The Balaban J connectivity index is 2.25. The molecule has 0 fully saturated rings. The van der Waals surface area contributed by atoms with Crippen molar-refractivity contribution in [1.82, 2.24) is 5.32 Å². The molecule has 0 unspecified atom stereocenters. The summed E-state index contributed by atoms with van der Waals surface area (Å²) in [4.78, 5) is 11.6. The van der Waals surface area contributed by atoms with Gasteiger partial charge in [0.05, 0.1) is 25.1 Å². The monoisotopic (exact) mass is 362 g/mol. The van der Waals surface area contributed by atoms with Crippen LogP contribution in [0.2, 0.25) is 0 Å². The molecule has 1 amide bonds. The highest BCUT2D eigenvalue weighted by molar-refractivity contribution is 7.92. The first-order valence-electron chi connectivity index (χ1n) is 7.86. The minimum Gasteiger partial charge on any atom is -0.494 e. The van der Waals surface area contributed by atoms with Gasteiger partial charge in [-0.25, -0.2) is 8.42 Å². The molecule has 0 heterocycles. The third-order valence-electron chi connectivity index (χ3n) is 3.61. The Hall–Kier alpha value is -2.54. The molecule has 0 aliphatic carbocycles. The molecular formula is C18H22N2O4S. The SMILES string of the molecule is CCOc1ccc(N(Cc2ccc(C(=O)NC)cc2)S(C)(=O)=O)cc1. The zero-order valence-electron chi connectivity index (χ0n) is 14.5. The van der Waals surface area contributed by atoms with Crippen LogP contribution in [0, 0.1) is 0 Å². The number of sulfonamides is 1. The summed E-state index contributed by atoms with van der Waals surface area (Å²) in [5.41, 5.74) is 1.87. The van der Waals surface area contributed by atoms with Crippen LogP contribution < -0.4 is 14.4 Å². The maximum Gasteiger partial charge on any atom is 0.251 e. The Morgan fingerprint density at radius 1 is 1.08 bits per heavy atom. The van der Waals surface area contributed by atoms with Crippen molar-refractivity contribution in [2.24, 2.45) is 0 Å². The number of amides is 1. The Bertz CT molecular complexity index is 815. The summed E-state index contributed by atoms with van der Waals surface area (Å²) in [5, 5.41) is 2.55. The fraction of sp³-hybridized carbons (Fsp3) is 0.278. The van der Waals surface area contributed by atoms with Crippen molar-refractivity contribution in [3.63, 3.8) is 0 Å². The van der Waals surface area contributed by atoms with Gasteiger partial charge in [0.25, 0.3) is 5.91 Å². The highest BCUT2D eigenvalue weighted by Gasteiger charge is 2.18. The highest BCUT2D eigenvalue weighted by Crippen LogP contribution is 2.23. The lowest BCUT2D eigenvalue weighted by Gasteiger charge is -2.23. The van der Waals surface area contributed by atoms with Gasteiger partial charge in [0.1, 0.15) is 5.75 Å². The minimum absolute atomic E-state index is 0.181. The molecule has 0 atom stereocenters. The first-order chi connectivity index (χ1) is 11.8. The number of carbonyl (C=O) groups excluding carboxylic acids is 1. The van der Waals surface area contributed by atoms with Gasteiger partial charge in [-0.1, -0.05) is 12.1 Å². The molecule has 7 heteroatoms. The van der Waals surface area contributed by atoms with E-state index in [1.54, 1.807) is 55.6 Å². The second-order valence-corrected chi connectivity index (χ2v) is 7.38. The number of ether oxygens (including phenoxy) is 1. The van der Waals surface area contributed by atoms with Crippen LogP contribution in [0.3, 0.4) is 0 Å². The number of hydrogen-bond donors (Lipinski definition) is 1. The van der Waals surface area contributed by atoms with Crippen LogP contribution in [0.5, 0.6) is 5.75 Å². The minimum atomic E-state index is -3.46. The van der Waals surface area contributed by atoms with Crippen molar-refractivity contribution in [2.45, 2.75) is 13.5 Å². The van der Waals surface area contributed by atoms with E-state index in [1.165, 1.54) is 10.6 Å². The largest absolute Gasteiger partial charge is 0.494 e. The molecule has 0 radical (unpaired) electrons. The van der Waals surface area contributed by atoms with Crippen molar-refractivity contribution in [3.8, 4) is 5.75 Å². The summed E-state index contributed by atoms with van der Waals surface area (Å²) in [6.45, 7) is 2.62. The average Bonchev–Trinajstić information content (AvgIpc) is 2.60. The summed E-state index contributed by atoms with van der Waals surface area (Å²) in [7, 11) is -1.90. The predicted molar refractivity (Wildman–Crippen MR) is 98.5 cm³/mol. The van der Waals surface area contributed by atoms with Gasteiger partial charge in [-0.2, -0.15) is 0 Å². The Labute approximate surface area is 148 Å². The number of anilines is 1. The van der Waals surface area contributed by atoms with Crippen molar-refractivity contribution in [1.29, 1.82) is 0 Å². The van der Waals surface area contributed by atoms with Crippen molar-refractivity contribution < 1.29 is 17.9 Å². The van der Waals surface area contributed by atoms with Gasteiger partial charge in [0, 0.05) is 12.6 Å². The smallest absolute Gasteiger partial charge is 0.251 e. The standard InChI is InChI=1S/C18H22N2O4S/c1-4-24-17-11-9-16(10-12-17)20(25(3,22)23)13-14-5-7-15(8-6-14)18(21)19-2/h5-12H,4,13H2,1-3H3,(H,19,21). The van der Waals surface area contributed by atoms with E-state index in [0.717, 1.165) is 5.56 Å². The molecule has 134 valence electrons. The van der Waals surface area contributed by atoms with Crippen LogP contribution in [0.4, 0.5) is 5.69 Å². The fourth-order valence-corrected chi connectivity index (χ4v) is 3.24. The predicted octanol–water partition coefficient (Wildman–Crippen LogP) is 2.41. The zero-order valence-corrected chi connectivity index (χ0v) is 15.3. The van der Waals surface area contributed by atoms with E-state index in [2.05, 4.69) is 5.32 Å². The van der Waals surface area contributed by atoms with Crippen LogP contribution in [0.1, 0.15) is 22.8 Å². The normalized spacial score (nSPS) is 11.0. The van der Waals surface area contributed by atoms with E-state index >= 15 is 0 Å². The Morgan fingerprint density at radius 2 is 1.68 bits per heavy atom. The van der Waals surface area contributed by atoms with E-state index in [-0.39, 0.29) is 12.5 Å². The van der Waals surface area contributed by atoms with Gasteiger partial charge in [-0.05, 0) is 48.9 Å². The molecule has 2 aromatic carbocycles. The number of benzene rings is 2. The summed E-state index contributed by atoms with van der Waals surface area (Å²) >= 11 is 0. The topological polar surface area (TPSA) is 75.7 Å². The summed E-state index contributed by atoms with van der Waals surface area (Å²) in [6, 6.07) is 13.8. The number of carbonyl (C=O) groups is 1. The quantitative estimate of drug-likeness (QED) is 0.821. The molecule has 0 spiro atoms. The molecule has 2 rings (SSSR count). The fourth-order valence-electron chi connectivity index (χ4n) is 2.35. The Morgan fingerprint density at radius 3 is 2.16 bits per heavy atom. The molecule has 0 aliphatic rings. The first-order valence-corrected chi connectivity index (χ1v) is 9.71. The number of rotatable bonds is 7. The van der Waals surface area contributed by atoms with Crippen LogP contribution in [0.25, 0.3) is 0 Å². The molecule has 25 heavy (non-hydrogen) atoms. The van der Waals surface area contributed by atoms with E-state index in [4.69, 9.17) is 4.74 Å². The van der Waals surface area contributed by atoms with Gasteiger partial charge >= 0.3 is 0 Å². The first kappa shape index (κ1) is 18.8. The van der Waals surface area contributed by atoms with Crippen molar-refractivity contribution >= 4 is 21.6 Å².